The van der Waals surface area contributed by atoms with Gasteiger partial charge in [0, 0.05) is 24.0 Å². The van der Waals surface area contributed by atoms with Gasteiger partial charge in [-0.25, -0.2) is 4.98 Å². The van der Waals surface area contributed by atoms with Crippen LogP contribution < -0.4 is 10.5 Å². The zero-order chi connectivity index (χ0) is 18.8. The van der Waals surface area contributed by atoms with Crippen LogP contribution in [0.25, 0.3) is 5.69 Å². The number of piperidine rings is 1. The minimum absolute atomic E-state index is 0.0290. The van der Waals surface area contributed by atoms with Gasteiger partial charge in [0.15, 0.2) is 0 Å². The van der Waals surface area contributed by atoms with E-state index in [9.17, 15) is 4.79 Å². The Morgan fingerprint density at radius 3 is 2.85 bits per heavy atom. The molecule has 140 valence electrons. The molecule has 4 heterocycles. The van der Waals surface area contributed by atoms with Crippen LogP contribution >= 0.6 is 11.3 Å². The number of hydrogen-bond donors (Lipinski definition) is 1. The first-order chi connectivity index (χ1) is 13.1. The van der Waals surface area contributed by atoms with Gasteiger partial charge in [0.1, 0.15) is 16.7 Å². The SMILES string of the molecule is C[C@@H]1CC[C@@H](Oc2cc(N)ccn2)CN1C(=O)c1sccc1-n1nccn1. The fourth-order valence-corrected chi connectivity index (χ4v) is 4.02. The summed E-state index contributed by atoms with van der Waals surface area (Å²) in [4.78, 5) is 21.4. The first-order valence-electron chi connectivity index (χ1n) is 8.75. The van der Waals surface area contributed by atoms with Crippen LogP contribution in [0.1, 0.15) is 29.4 Å². The van der Waals surface area contributed by atoms with Gasteiger partial charge < -0.3 is 15.4 Å². The highest BCUT2D eigenvalue weighted by Gasteiger charge is 2.32. The van der Waals surface area contributed by atoms with Crippen LogP contribution in [0.15, 0.2) is 42.2 Å². The van der Waals surface area contributed by atoms with Crippen molar-refractivity contribution in [3.8, 4) is 11.6 Å². The van der Waals surface area contributed by atoms with E-state index in [0.29, 0.717) is 28.7 Å². The topological polar surface area (TPSA) is 99.2 Å². The molecule has 1 aliphatic heterocycles. The quantitative estimate of drug-likeness (QED) is 0.741. The lowest BCUT2D eigenvalue weighted by molar-refractivity contribution is 0.0377. The Morgan fingerprint density at radius 2 is 2.07 bits per heavy atom. The smallest absolute Gasteiger partial charge is 0.266 e. The van der Waals surface area contributed by atoms with E-state index in [0.717, 1.165) is 12.8 Å². The number of ether oxygens (including phenoxy) is 1. The molecule has 1 amide bonds. The Morgan fingerprint density at radius 1 is 1.26 bits per heavy atom. The molecule has 2 atom stereocenters. The van der Waals surface area contributed by atoms with Crippen molar-refractivity contribution in [2.75, 3.05) is 12.3 Å². The summed E-state index contributed by atoms with van der Waals surface area (Å²) in [6, 6.07) is 5.40. The Hall–Kier alpha value is -2.94. The average Bonchev–Trinajstić information content (AvgIpc) is 3.34. The molecule has 0 bridgehead atoms. The molecule has 0 aromatic carbocycles. The predicted octanol–water partition coefficient (Wildman–Crippen LogP) is 2.38. The highest BCUT2D eigenvalue weighted by Crippen LogP contribution is 2.27. The Kier molecular flexibility index (Phi) is 4.76. The van der Waals surface area contributed by atoms with E-state index in [1.807, 2.05) is 16.3 Å². The minimum Gasteiger partial charge on any atom is -0.472 e. The number of amides is 1. The first-order valence-corrected chi connectivity index (χ1v) is 9.63. The summed E-state index contributed by atoms with van der Waals surface area (Å²) in [6.07, 6.45) is 6.41. The maximum absolute atomic E-state index is 13.2. The number of thiophene rings is 1. The number of rotatable bonds is 4. The van der Waals surface area contributed by atoms with Crippen molar-refractivity contribution >= 4 is 22.9 Å². The monoisotopic (exact) mass is 384 g/mol. The molecule has 2 N–H and O–H groups in total. The number of likely N-dealkylation sites (tertiary alicyclic amines) is 1. The van der Waals surface area contributed by atoms with E-state index < -0.39 is 0 Å². The van der Waals surface area contributed by atoms with Crippen molar-refractivity contribution in [2.45, 2.75) is 31.9 Å². The van der Waals surface area contributed by atoms with Crippen molar-refractivity contribution in [1.82, 2.24) is 24.9 Å². The van der Waals surface area contributed by atoms with E-state index in [4.69, 9.17) is 10.5 Å². The minimum atomic E-state index is -0.120. The van der Waals surface area contributed by atoms with Gasteiger partial charge in [-0.3, -0.25) is 4.79 Å². The lowest BCUT2D eigenvalue weighted by Gasteiger charge is -2.37. The van der Waals surface area contributed by atoms with Crippen molar-refractivity contribution in [3.63, 3.8) is 0 Å². The van der Waals surface area contributed by atoms with Crippen molar-refractivity contribution in [2.24, 2.45) is 0 Å². The molecular formula is C18H20N6O2S. The van der Waals surface area contributed by atoms with Crippen LogP contribution in [-0.4, -0.2) is 49.5 Å². The molecule has 0 radical (unpaired) electrons. The van der Waals surface area contributed by atoms with E-state index in [1.165, 1.54) is 16.1 Å². The van der Waals surface area contributed by atoms with Crippen LogP contribution in [-0.2, 0) is 0 Å². The van der Waals surface area contributed by atoms with Gasteiger partial charge in [0.25, 0.3) is 5.91 Å². The second kappa shape index (κ2) is 7.36. The van der Waals surface area contributed by atoms with Crippen molar-refractivity contribution in [3.05, 3.63) is 47.0 Å². The number of anilines is 1. The van der Waals surface area contributed by atoms with Gasteiger partial charge in [-0.2, -0.15) is 10.2 Å². The summed E-state index contributed by atoms with van der Waals surface area (Å²) in [6.45, 7) is 2.56. The highest BCUT2D eigenvalue weighted by atomic mass is 32.1. The fraction of sp³-hybridized carbons (Fsp3) is 0.333. The van der Waals surface area contributed by atoms with E-state index >= 15 is 0 Å². The molecule has 8 nitrogen and oxygen atoms in total. The number of nitrogen functional groups attached to an aromatic ring is 1. The molecule has 0 unspecified atom stereocenters. The summed E-state index contributed by atoms with van der Waals surface area (Å²) in [5.74, 6) is 0.457. The van der Waals surface area contributed by atoms with Gasteiger partial charge in [-0.1, -0.05) is 0 Å². The third-order valence-corrected chi connectivity index (χ3v) is 5.51. The van der Waals surface area contributed by atoms with E-state index in [2.05, 4.69) is 22.1 Å². The number of carbonyl (C=O) groups excluding carboxylic acids is 1. The molecule has 27 heavy (non-hydrogen) atoms. The molecule has 3 aromatic rings. The summed E-state index contributed by atoms with van der Waals surface area (Å²) < 4.78 is 5.97. The molecule has 9 heteroatoms. The van der Waals surface area contributed by atoms with Gasteiger partial charge in [0.2, 0.25) is 5.88 Å². The maximum Gasteiger partial charge on any atom is 0.266 e. The van der Waals surface area contributed by atoms with Crippen LogP contribution in [0.5, 0.6) is 5.88 Å². The molecule has 1 fully saturated rings. The summed E-state index contributed by atoms with van der Waals surface area (Å²) in [5.41, 5.74) is 7.09. The van der Waals surface area contributed by atoms with Gasteiger partial charge in [-0.15, -0.1) is 16.1 Å². The molecule has 1 aliphatic rings. The summed E-state index contributed by atoms with van der Waals surface area (Å²) >= 11 is 1.40. The molecular weight excluding hydrogens is 364 g/mol. The standard InChI is InChI=1S/C18H20N6O2S/c1-12-2-3-14(26-16-10-13(19)4-6-20-16)11-23(12)18(25)17-15(5-9-27-17)24-21-7-8-22-24/h4-10,12,14H,2-3,11H2,1H3,(H2,19,20)/t12-,14-/m1/s1. The fourth-order valence-electron chi connectivity index (χ4n) is 3.20. The molecule has 3 aromatic heterocycles. The third kappa shape index (κ3) is 3.63. The van der Waals surface area contributed by atoms with Crippen LogP contribution in [0.2, 0.25) is 0 Å². The second-order valence-corrected chi connectivity index (χ2v) is 7.42. The average molecular weight is 384 g/mol. The normalized spacial score (nSPS) is 19.8. The van der Waals surface area contributed by atoms with E-state index in [1.54, 1.807) is 30.7 Å². The van der Waals surface area contributed by atoms with Gasteiger partial charge in [-0.05, 0) is 37.3 Å². The Balaban J connectivity index is 1.52. The first kappa shape index (κ1) is 17.5. The second-order valence-electron chi connectivity index (χ2n) is 6.50. The number of carbonyl (C=O) groups is 1. The molecule has 0 aliphatic carbocycles. The van der Waals surface area contributed by atoms with Gasteiger partial charge in [0.05, 0.1) is 18.9 Å². The maximum atomic E-state index is 13.2. The molecule has 0 spiro atoms. The zero-order valence-electron chi connectivity index (χ0n) is 14.9. The van der Waals surface area contributed by atoms with Crippen LogP contribution in [0, 0.1) is 0 Å². The number of aromatic nitrogens is 4. The third-order valence-electron chi connectivity index (χ3n) is 4.62. The Bertz CT molecular complexity index is 926. The van der Waals surface area contributed by atoms with Crippen molar-refractivity contribution in [1.29, 1.82) is 0 Å². The number of nitrogens with two attached hydrogens (primary N) is 1. The van der Waals surface area contributed by atoms with E-state index in [-0.39, 0.29) is 18.1 Å². The van der Waals surface area contributed by atoms with Crippen LogP contribution in [0.4, 0.5) is 5.69 Å². The highest BCUT2D eigenvalue weighted by molar-refractivity contribution is 7.12. The van der Waals surface area contributed by atoms with Crippen molar-refractivity contribution < 1.29 is 9.53 Å². The lowest BCUT2D eigenvalue weighted by atomic mass is 10.0. The summed E-state index contributed by atoms with van der Waals surface area (Å²) in [7, 11) is 0. The molecule has 1 saturated heterocycles. The Labute approximate surface area is 160 Å². The molecule has 4 rings (SSSR count). The largest absolute Gasteiger partial charge is 0.472 e. The van der Waals surface area contributed by atoms with Crippen LogP contribution in [0.3, 0.4) is 0 Å². The zero-order valence-corrected chi connectivity index (χ0v) is 15.7. The van der Waals surface area contributed by atoms with Gasteiger partial charge >= 0.3 is 0 Å². The predicted molar refractivity (Wildman–Crippen MR) is 102 cm³/mol. The number of pyridine rings is 1. The number of nitrogens with zero attached hydrogens (tertiary/aromatic N) is 5. The summed E-state index contributed by atoms with van der Waals surface area (Å²) in [5, 5.41) is 10.2. The lowest BCUT2D eigenvalue weighted by Crippen LogP contribution is -2.49. The molecule has 0 saturated carbocycles. The number of hydrogen-bond acceptors (Lipinski definition) is 7.